The molecule has 0 aliphatic heterocycles. The lowest BCUT2D eigenvalue weighted by Gasteiger charge is -2.12. The Hall–Kier alpha value is -1.64. The van der Waals surface area contributed by atoms with Crippen molar-refractivity contribution in [1.29, 1.82) is 0 Å². The van der Waals surface area contributed by atoms with Gasteiger partial charge in [0, 0.05) is 27.8 Å². The minimum absolute atomic E-state index is 0.468. The lowest BCUT2D eigenvalue weighted by atomic mass is 10.2. The van der Waals surface area contributed by atoms with Gasteiger partial charge in [0.25, 0.3) is 0 Å². The lowest BCUT2D eigenvalue weighted by molar-refractivity contribution is 0.359. The molecule has 0 amide bonds. The SMILES string of the molecule is C=CCOc1ccc(Cl)cc1CNc1ccc(Cl)cc1. The van der Waals surface area contributed by atoms with Crippen LogP contribution < -0.4 is 10.1 Å². The van der Waals surface area contributed by atoms with Crippen molar-refractivity contribution in [2.75, 3.05) is 11.9 Å². The van der Waals surface area contributed by atoms with Crippen molar-refractivity contribution in [3.63, 3.8) is 0 Å². The zero-order valence-electron chi connectivity index (χ0n) is 10.9. The van der Waals surface area contributed by atoms with E-state index in [1.807, 2.05) is 42.5 Å². The monoisotopic (exact) mass is 307 g/mol. The summed E-state index contributed by atoms with van der Waals surface area (Å²) in [5.74, 6) is 0.802. The molecule has 4 heteroatoms. The molecule has 0 fully saturated rings. The van der Waals surface area contributed by atoms with Crippen LogP contribution in [0, 0.1) is 0 Å². The molecule has 2 aromatic rings. The van der Waals surface area contributed by atoms with Gasteiger partial charge in [0.2, 0.25) is 0 Å². The fraction of sp³-hybridized carbons (Fsp3) is 0.125. The number of ether oxygens (including phenoxy) is 1. The summed E-state index contributed by atoms with van der Waals surface area (Å²) in [6, 6.07) is 13.1. The predicted molar refractivity (Wildman–Crippen MR) is 85.9 cm³/mol. The average Bonchev–Trinajstić information content (AvgIpc) is 2.46. The zero-order valence-corrected chi connectivity index (χ0v) is 12.4. The van der Waals surface area contributed by atoms with E-state index in [1.165, 1.54) is 0 Å². The van der Waals surface area contributed by atoms with E-state index in [-0.39, 0.29) is 0 Å². The van der Waals surface area contributed by atoms with Crippen LogP contribution in [0.3, 0.4) is 0 Å². The highest BCUT2D eigenvalue weighted by atomic mass is 35.5. The molecule has 0 saturated heterocycles. The molecule has 0 aliphatic rings. The number of benzene rings is 2. The van der Waals surface area contributed by atoms with Gasteiger partial charge in [0.15, 0.2) is 0 Å². The highest BCUT2D eigenvalue weighted by Crippen LogP contribution is 2.24. The standard InChI is InChI=1S/C16H15Cl2NO/c1-2-9-20-16-8-5-14(18)10-12(16)11-19-15-6-3-13(17)4-7-15/h2-8,10,19H,1,9,11H2. The van der Waals surface area contributed by atoms with Crippen LogP contribution in [0.4, 0.5) is 5.69 Å². The Morgan fingerprint density at radius 2 is 1.75 bits per heavy atom. The number of halogens is 2. The highest BCUT2D eigenvalue weighted by molar-refractivity contribution is 6.30. The molecule has 2 nitrogen and oxygen atoms in total. The minimum atomic E-state index is 0.468. The topological polar surface area (TPSA) is 21.3 Å². The molecule has 0 aromatic heterocycles. The molecule has 20 heavy (non-hydrogen) atoms. The first kappa shape index (κ1) is 14.8. The van der Waals surface area contributed by atoms with Gasteiger partial charge >= 0.3 is 0 Å². The van der Waals surface area contributed by atoms with Crippen molar-refractivity contribution in [3.05, 3.63) is 70.7 Å². The van der Waals surface area contributed by atoms with Crippen LogP contribution in [0.2, 0.25) is 10.0 Å². The van der Waals surface area contributed by atoms with Crippen molar-refractivity contribution in [1.82, 2.24) is 0 Å². The Morgan fingerprint density at radius 3 is 2.45 bits per heavy atom. The molecule has 0 unspecified atom stereocenters. The summed E-state index contributed by atoms with van der Waals surface area (Å²) in [6.45, 7) is 4.73. The second-order valence-corrected chi connectivity index (χ2v) is 5.09. The summed E-state index contributed by atoms with van der Waals surface area (Å²) in [5.41, 5.74) is 1.98. The summed E-state index contributed by atoms with van der Waals surface area (Å²) >= 11 is 11.9. The predicted octanol–water partition coefficient (Wildman–Crippen LogP) is 5.17. The van der Waals surface area contributed by atoms with Gasteiger partial charge in [-0.05, 0) is 42.5 Å². The van der Waals surface area contributed by atoms with Gasteiger partial charge in [-0.3, -0.25) is 0 Å². The van der Waals surface area contributed by atoms with E-state index in [4.69, 9.17) is 27.9 Å². The highest BCUT2D eigenvalue weighted by Gasteiger charge is 2.04. The normalized spacial score (nSPS) is 10.1. The van der Waals surface area contributed by atoms with Crippen molar-refractivity contribution < 1.29 is 4.74 Å². The van der Waals surface area contributed by atoms with Gasteiger partial charge in [-0.1, -0.05) is 35.9 Å². The van der Waals surface area contributed by atoms with Crippen LogP contribution in [-0.4, -0.2) is 6.61 Å². The Balaban J connectivity index is 2.09. The largest absolute Gasteiger partial charge is 0.489 e. The van der Waals surface area contributed by atoms with E-state index in [2.05, 4.69) is 11.9 Å². The minimum Gasteiger partial charge on any atom is -0.489 e. The van der Waals surface area contributed by atoms with Gasteiger partial charge in [0.1, 0.15) is 12.4 Å². The van der Waals surface area contributed by atoms with Crippen LogP contribution in [-0.2, 0) is 6.54 Å². The van der Waals surface area contributed by atoms with Gasteiger partial charge in [-0.15, -0.1) is 0 Å². The first-order valence-corrected chi connectivity index (χ1v) is 6.96. The van der Waals surface area contributed by atoms with E-state index in [0.717, 1.165) is 17.0 Å². The van der Waals surface area contributed by atoms with E-state index in [1.54, 1.807) is 6.08 Å². The molecule has 0 bridgehead atoms. The van der Waals surface area contributed by atoms with Crippen LogP contribution in [0.5, 0.6) is 5.75 Å². The quantitative estimate of drug-likeness (QED) is 0.743. The summed E-state index contributed by atoms with van der Waals surface area (Å²) in [4.78, 5) is 0. The van der Waals surface area contributed by atoms with E-state index in [9.17, 15) is 0 Å². The van der Waals surface area contributed by atoms with Crippen molar-refractivity contribution in [3.8, 4) is 5.75 Å². The number of hydrogen-bond acceptors (Lipinski definition) is 2. The molecule has 0 saturated carbocycles. The maximum absolute atomic E-state index is 6.03. The molecule has 1 N–H and O–H groups in total. The van der Waals surface area contributed by atoms with Crippen molar-refractivity contribution in [2.45, 2.75) is 6.54 Å². The zero-order chi connectivity index (χ0) is 14.4. The maximum atomic E-state index is 6.03. The molecule has 0 atom stereocenters. The smallest absolute Gasteiger partial charge is 0.124 e. The second-order valence-electron chi connectivity index (χ2n) is 4.21. The molecular weight excluding hydrogens is 293 g/mol. The number of anilines is 1. The molecule has 0 radical (unpaired) electrons. The molecular formula is C16H15Cl2NO. The third-order valence-electron chi connectivity index (χ3n) is 2.71. The average molecular weight is 308 g/mol. The van der Waals surface area contributed by atoms with Gasteiger partial charge < -0.3 is 10.1 Å². The second kappa shape index (κ2) is 7.22. The Labute approximate surface area is 129 Å². The Bertz CT molecular complexity index is 582. The van der Waals surface area contributed by atoms with Crippen LogP contribution in [0.25, 0.3) is 0 Å². The summed E-state index contributed by atoms with van der Waals surface area (Å²) in [7, 11) is 0. The van der Waals surface area contributed by atoms with Crippen LogP contribution >= 0.6 is 23.2 Å². The molecule has 2 rings (SSSR count). The summed E-state index contributed by atoms with van der Waals surface area (Å²) in [5, 5.41) is 4.71. The molecule has 2 aromatic carbocycles. The first-order valence-electron chi connectivity index (χ1n) is 6.20. The third-order valence-corrected chi connectivity index (χ3v) is 3.19. The maximum Gasteiger partial charge on any atom is 0.124 e. The number of nitrogens with one attached hydrogen (secondary N) is 1. The van der Waals surface area contributed by atoms with Gasteiger partial charge in [0.05, 0.1) is 0 Å². The fourth-order valence-corrected chi connectivity index (χ4v) is 2.06. The first-order chi connectivity index (χ1) is 9.69. The number of rotatable bonds is 6. The Kier molecular flexibility index (Phi) is 5.33. The summed E-state index contributed by atoms with van der Waals surface area (Å²) < 4.78 is 5.61. The van der Waals surface area contributed by atoms with Crippen molar-refractivity contribution in [2.24, 2.45) is 0 Å². The third kappa shape index (κ3) is 4.19. The van der Waals surface area contributed by atoms with Gasteiger partial charge in [-0.25, -0.2) is 0 Å². The Morgan fingerprint density at radius 1 is 1.05 bits per heavy atom. The van der Waals surface area contributed by atoms with Crippen molar-refractivity contribution >= 4 is 28.9 Å². The summed E-state index contributed by atoms with van der Waals surface area (Å²) in [6.07, 6.45) is 1.71. The lowest BCUT2D eigenvalue weighted by Crippen LogP contribution is -2.03. The van der Waals surface area contributed by atoms with E-state index < -0.39 is 0 Å². The van der Waals surface area contributed by atoms with Crippen LogP contribution in [0.1, 0.15) is 5.56 Å². The van der Waals surface area contributed by atoms with E-state index in [0.29, 0.717) is 23.2 Å². The van der Waals surface area contributed by atoms with Gasteiger partial charge in [-0.2, -0.15) is 0 Å². The van der Waals surface area contributed by atoms with Crippen LogP contribution in [0.15, 0.2) is 55.1 Å². The molecule has 0 spiro atoms. The molecule has 0 heterocycles. The fourth-order valence-electron chi connectivity index (χ4n) is 1.74. The number of hydrogen-bond donors (Lipinski definition) is 1. The molecule has 104 valence electrons. The van der Waals surface area contributed by atoms with E-state index >= 15 is 0 Å². The molecule has 0 aliphatic carbocycles.